The van der Waals surface area contributed by atoms with Crippen LogP contribution in [0.4, 0.5) is 0 Å². The molecule has 7 rings (SSSR count). The molecule has 0 spiro atoms. The van der Waals surface area contributed by atoms with Crippen molar-refractivity contribution in [3.63, 3.8) is 0 Å². The molecule has 0 aromatic heterocycles. The molecule has 3 unspecified atom stereocenters. The molecule has 4 heteroatoms. The van der Waals surface area contributed by atoms with E-state index < -0.39 is 5.41 Å². The Morgan fingerprint density at radius 1 is 0.771 bits per heavy atom. The van der Waals surface area contributed by atoms with E-state index in [1.807, 2.05) is 30.3 Å². The zero-order chi connectivity index (χ0) is 34.2. The number of aliphatic hydroxyl groups is 1. The van der Waals surface area contributed by atoms with Crippen molar-refractivity contribution >= 4 is 5.97 Å². The van der Waals surface area contributed by atoms with Gasteiger partial charge in [0, 0.05) is 0 Å². The normalized spacial score (nSPS) is 41.1. The minimum atomic E-state index is -0.717. The molecule has 5 aliphatic rings. The van der Waals surface area contributed by atoms with E-state index in [4.69, 9.17) is 9.47 Å². The Balaban J connectivity index is 1.32. The molecule has 260 valence electrons. The lowest BCUT2D eigenvalue weighted by atomic mass is 9.33. The van der Waals surface area contributed by atoms with E-state index in [1.54, 1.807) is 0 Å². The highest BCUT2D eigenvalue weighted by molar-refractivity contribution is 5.80. The second kappa shape index (κ2) is 11.8. The monoisotopic (exact) mass is 652 g/mol. The van der Waals surface area contributed by atoms with Gasteiger partial charge in [-0.1, -0.05) is 121 Å². The minimum absolute atomic E-state index is 0.0662. The van der Waals surface area contributed by atoms with Gasteiger partial charge < -0.3 is 14.6 Å². The molecule has 1 N–H and O–H groups in total. The molecule has 4 saturated carbocycles. The van der Waals surface area contributed by atoms with Crippen LogP contribution in [0.5, 0.6) is 0 Å². The van der Waals surface area contributed by atoms with Gasteiger partial charge in [-0.2, -0.15) is 0 Å². The third-order valence-corrected chi connectivity index (χ3v) is 15.5. The predicted molar refractivity (Wildman–Crippen MR) is 192 cm³/mol. The van der Waals surface area contributed by atoms with Crippen LogP contribution in [-0.2, 0) is 27.5 Å². The number of hydrogen-bond donors (Lipinski definition) is 1. The highest BCUT2D eigenvalue weighted by atomic mass is 16.5. The molecule has 9 atom stereocenters. The number of benzene rings is 2. The lowest BCUT2D eigenvalue weighted by molar-refractivity contribution is -0.227. The quantitative estimate of drug-likeness (QED) is 0.249. The third-order valence-electron chi connectivity index (χ3n) is 15.5. The summed E-state index contributed by atoms with van der Waals surface area (Å²) < 4.78 is 13.5. The fraction of sp³-hybridized carbons (Fsp3) is 0.659. The van der Waals surface area contributed by atoms with Crippen molar-refractivity contribution in [3.05, 3.63) is 83.4 Å². The summed E-state index contributed by atoms with van der Waals surface area (Å²) in [6.07, 6.45) is 11.0. The van der Waals surface area contributed by atoms with Crippen molar-refractivity contribution in [1.29, 1.82) is 0 Å². The number of carbonyl (C=O) groups is 1. The topological polar surface area (TPSA) is 55.8 Å². The van der Waals surface area contributed by atoms with Crippen molar-refractivity contribution < 1.29 is 19.4 Å². The summed E-state index contributed by atoms with van der Waals surface area (Å²) in [4.78, 5) is 14.9. The van der Waals surface area contributed by atoms with Crippen LogP contribution >= 0.6 is 0 Å². The van der Waals surface area contributed by atoms with Crippen LogP contribution in [0.1, 0.15) is 117 Å². The number of esters is 1. The van der Waals surface area contributed by atoms with Crippen molar-refractivity contribution in [2.75, 3.05) is 0 Å². The molecule has 0 radical (unpaired) electrons. The van der Waals surface area contributed by atoms with Crippen LogP contribution in [-0.4, -0.2) is 23.3 Å². The SMILES string of the molecule is CC1(C)CC[C@@]2(C(=O)OCc3ccccc3)C(C1)C1=CCC3[C@@]4(C)CC[C@H](O)C(C)(C)C4CC[C@@]3(C)[C@]1(C)C[C@H]2OCc1ccccc1. The first-order valence-electron chi connectivity index (χ1n) is 18.9. The first-order valence-corrected chi connectivity index (χ1v) is 18.9. The standard InChI is InChI=1S/C44H60O4/c1-39(2)24-25-44(38(46)48-29-31-16-12-9-13-17-31)33(26-39)32-18-19-35-41(5)22-21-36(45)40(3,4)34(41)20-23-42(35,6)43(32,7)27-37(44)47-28-30-14-10-8-11-15-30/h8-18,33-37,45H,19-29H2,1-7H3/t33?,34?,35?,36-,37+,41-,42+,43+,44+/m0/s1. The average molecular weight is 653 g/mol. The molecule has 4 nitrogen and oxygen atoms in total. The Labute approximate surface area is 290 Å². The van der Waals surface area contributed by atoms with Gasteiger partial charge in [-0.05, 0) is 114 Å². The maximum Gasteiger partial charge on any atom is 0.315 e. The molecule has 5 aliphatic carbocycles. The summed E-state index contributed by atoms with van der Waals surface area (Å²) in [5, 5.41) is 11.2. The van der Waals surface area contributed by atoms with E-state index in [0.717, 1.165) is 68.9 Å². The van der Waals surface area contributed by atoms with E-state index in [9.17, 15) is 9.90 Å². The summed E-state index contributed by atoms with van der Waals surface area (Å²) in [5.74, 6) is 1.03. The molecule has 2 aromatic carbocycles. The number of allylic oxidation sites excluding steroid dienone is 2. The third kappa shape index (κ3) is 5.09. The Bertz CT molecular complexity index is 1530. The van der Waals surface area contributed by atoms with Crippen molar-refractivity contribution in [2.24, 2.45) is 50.2 Å². The maximum atomic E-state index is 14.9. The first-order chi connectivity index (χ1) is 22.7. The minimum Gasteiger partial charge on any atom is -0.460 e. The highest BCUT2D eigenvalue weighted by Gasteiger charge is 2.71. The second-order valence-corrected chi connectivity index (χ2v) is 18.7. The summed E-state index contributed by atoms with van der Waals surface area (Å²) in [6.45, 7) is 17.9. The molecule has 48 heavy (non-hydrogen) atoms. The molecule has 0 amide bonds. The number of fused-ring (bicyclic) bond motifs is 7. The summed E-state index contributed by atoms with van der Waals surface area (Å²) in [6, 6.07) is 20.6. The number of aliphatic hydroxyl groups excluding tert-OH is 1. The van der Waals surface area contributed by atoms with Gasteiger partial charge in [-0.3, -0.25) is 4.79 Å². The lowest BCUT2D eigenvalue weighted by Crippen LogP contribution is -2.68. The van der Waals surface area contributed by atoms with Crippen LogP contribution in [0.25, 0.3) is 0 Å². The zero-order valence-electron chi connectivity index (χ0n) is 30.7. The smallest absolute Gasteiger partial charge is 0.315 e. The van der Waals surface area contributed by atoms with Gasteiger partial charge in [0.05, 0.1) is 18.8 Å². The average Bonchev–Trinajstić information content (AvgIpc) is 3.05. The highest BCUT2D eigenvalue weighted by Crippen LogP contribution is 2.76. The summed E-state index contributed by atoms with van der Waals surface area (Å²) in [7, 11) is 0. The van der Waals surface area contributed by atoms with E-state index in [-0.39, 0.29) is 51.2 Å². The van der Waals surface area contributed by atoms with E-state index in [0.29, 0.717) is 25.0 Å². The number of hydrogen-bond acceptors (Lipinski definition) is 4. The first kappa shape index (κ1) is 34.0. The number of carbonyl (C=O) groups excluding carboxylic acids is 1. The van der Waals surface area contributed by atoms with Gasteiger partial charge in [0.2, 0.25) is 0 Å². The maximum absolute atomic E-state index is 14.9. The number of rotatable bonds is 6. The van der Waals surface area contributed by atoms with Crippen molar-refractivity contribution in [2.45, 2.75) is 132 Å². The molecule has 2 aromatic rings. The molecular formula is C44H60O4. The van der Waals surface area contributed by atoms with Crippen molar-refractivity contribution in [3.8, 4) is 0 Å². The molecule has 4 fully saturated rings. The predicted octanol–water partition coefficient (Wildman–Crippen LogP) is 10.1. The van der Waals surface area contributed by atoms with Crippen molar-refractivity contribution in [1.82, 2.24) is 0 Å². The van der Waals surface area contributed by atoms with Gasteiger partial charge in [-0.15, -0.1) is 0 Å². The van der Waals surface area contributed by atoms with E-state index in [2.05, 4.69) is 84.9 Å². The van der Waals surface area contributed by atoms with Crippen LogP contribution in [0.2, 0.25) is 0 Å². The van der Waals surface area contributed by atoms with E-state index in [1.165, 1.54) is 5.57 Å². The molecule has 0 heterocycles. The molecule has 0 bridgehead atoms. The van der Waals surface area contributed by atoms with Crippen LogP contribution < -0.4 is 0 Å². The Morgan fingerprint density at radius 2 is 1.42 bits per heavy atom. The van der Waals surface area contributed by atoms with Crippen LogP contribution in [0.3, 0.4) is 0 Å². The van der Waals surface area contributed by atoms with Crippen LogP contribution in [0.15, 0.2) is 72.3 Å². The van der Waals surface area contributed by atoms with Gasteiger partial charge >= 0.3 is 5.97 Å². The summed E-state index contributed by atoms with van der Waals surface area (Å²) in [5.41, 5.74) is 3.14. The fourth-order valence-electron chi connectivity index (χ4n) is 12.5. The van der Waals surface area contributed by atoms with Gasteiger partial charge in [0.15, 0.2) is 0 Å². The molecule has 0 saturated heterocycles. The second-order valence-electron chi connectivity index (χ2n) is 18.7. The lowest BCUT2D eigenvalue weighted by Gasteiger charge is -2.72. The van der Waals surface area contributed by atoms with Crippen LogP contribution in [0, 0.1) is 50.2 Å². The Morgan fingerprint density at radius 3 is 2.08 bits per heavy atom. The van der Waals surface area contributed by atoms with Gasteiger partial charge in [-0.25, -0.2) is 0 Å². The molecular weight excluding hydrogens is 592 g/mol. The zero-order valence-corrected chi connectivity index (χ0v) is 30.7. The largest absolute Gasteiger partial charge is 0.460 e. The Hall–Kier alpha value is -2.43. The number of ether oxygens (including phenoxy) is 2. The fourth-order valence-corrected chi connectivity index (χ4v) is 12.5. The van der Waals surface area contributed by atoms with E-state index >= 15 is 0 Å². The molecule has 0 aliphatic heterocycles. The summed E-state index contributed by atoms with van der Waals surface area (Å²) >= 11 is 0. The van der Waals surface area contributed by atoms with Gasteiger partial charge in [0.25, 0.3) is 0 Å². The Kier molecular flexibility index (Phi) is 8.39. The van der Waals surface area contributed by atoms with Gasteiger partial charge in [0.1, 0.15) is 12.0 Å².